The van der Waals surface area contributed by atoms with Crippen LogP contribution in [-0.4, -0.2) is 41.5 Å². The van der Waals surface area contributed by atoms with E-state index in [2.05, 4.69) is 10.1 Å². The summed E-state index contributed by atoms with van der Waals surface area (Å²) in [5.74, 6) is -3.39. The zero-order chi connectivity index (χ0) is 29.3. The van der Waals surface area contributed by atoms with E-state index in [1.807, 2.05) is 0 Å². The average molecular weight is 563 g/mol. The van der Waals surface area contributed by atoms with E-state index < -0.39 is 58.5 Å². The second-order valence-corrected chi connectivity index (χ2v) is 8.90. The molecule has 5 N–H and O–H groups in total. The molecule has 3 atom stereocenters. The first-order valence-corrected chi connectivity index (χ1v) is 11.7. The molecule has 0 spiro atoms. The van der Waals surface area contributed by atoms with E-state index in [9.17, 15) is 36.3 Å². The molecule has 0 radical (unpaired) electrons. The third kappa shape index (κ3) is 5.82. The molecule has 3 rings (SSSR count). The van der Waals surface area contributed by atoms with Crippen LogP contribution in [0.2, 0.25) is 0 Å². The number of amides is 1. The van der Waals surface area contributed by atoms with Crippen molar-refractivity contribution in [2.75, 3.05) is 18.6 Å². The molecule has 1 amide bonds. The first-order valence-electron chi connectivity index (χ1n) is 11.7. The van der Waals surface area contributed by atoms with Gasteiger partial charge in [-0.15, -0.1) is 0 Å². The molecule has 9 nitrogen and oxygen atoms in total. The summed E-state index contributed by atoms with van der Waals surface area (Å²) < 4.78 is 92.3. The Hall–Kier alpha value is -3.75. The van der Waals surface area contributed by atoms with E-state index in [1.165, 1.54) is 19.2 Å². The quantitative estimate of drug-likeness (QED) is 0.145. The Morgan fingerprint density at radius 1 is 1.18 bits per heavy atom. The van der Waals surface area contributed by atoms with Gasteiger partial charge in [0.15, 0.2) is 0 Å². The van der Waals surface area contributed by atoms with Crippen molar-refractivity contribution in [2.45, 2.75) is 56.5 Å². The van der Waals surface area contributed by atoms with E-state index in [4.69, 9.17) is 20.9 Å². The number of benzene rings is 1. The summed E-state index contributed by atoms with van der Waals surface area (Å²) in [6.07, 6.45) is -11.3. The van der Waals surface area contributed by atoms with E-state index in [0.29, 0.717) is 12.1 Å². The standard InChI is InChI=1S/C24H27F6N5O4/c1-4-22(32)11-15(19-16(6-7-17(33-19)38-3)35(22)21(36)39-5-2)18(20(31)34-37)12-8-13(23(25,26)27)10-14(9-12)24(28,29)30/h6-10,15,18,37H,4-5,11,32H2,1-3H3,(H2,31,34)/t15-,18?,22+/m0/s1. The van der Waals surface area contributed by atoms with Crippen LogP contribution in [0.25, 0.3) is 0 Å². The van der Waals surface area contributed by atoms with Crippen LogP contribution in [0.4, 0.5) is 36.8 Å². The number of aromatic nitrogens is 1. The first kappa shape index (κ1) is 29.8. The van der Waals surface area contributed by atoms with Crippen molar-refractivity contribution >= 4 is 17.6 Å². The Kier molecular flexibility index (Phi) is 8.24. The van der Waals surface area contributed by atoms with Crippen molar-refractivity contribution in [3.8, 4) is 5.88 Å². The highest BCUT2D eigenvalue weighted by Crippen LogP contribution is 2.50. The fourth-order valence-electron chi connectivity index (χ4n) is 4.71. The van der Waals surface area contributed by atoms with Gasteiger partial charge in [-0.2, -0.15) is 26.3 Å². The molecule has 0 bridgehead atoms. The minimum Gasteiger partial charge on any atom is -0.481 e. The number of carbonyl (C=O) groups excluding carboxylic acids is 1. The zero-order valence-corrected chi connectivity index (χ0v) is 21.1. The van der Waals surface area contributed by atoms with Gasteiger partial charge in [-0.3, -0.25) is 4.90 Å². The molecule has 1 aliphatic rings. The highest BCUT2D eigenvalue weighted by molar-refractivity contribution is 5.93. The Labute approximate surface area is 219 Å². The van der Waals surface area contributed by atoms with E-state index in [0.717, 1.165) is 4.90 Å². The monoisotopic (exact) mass is 563 g/mol. The summed E-state index contributed by atoms with van der Waals surface area (Å²) >= 11 is 0. The molecule has 0 fully saturated rings. The van der Waals surface area contributed by atoms with E-state index >= 15 is 0 Å². The summed E-state index contributed by atoms with van der Waals surface area (Å²) in [6, 6.07) is 3.79. The summed E-state index contributed by atoms with van der Waals surface area (Å²) in [5, 5.41) is 12.5. The molecule has 1 aromatic heterocycles. The van der Waals surface area contributed by atoms with Gasteiger partial charge in [-0.25, -0.2) is 9.78 Å². The largest absolute Gasteiger partial charge is 0.481 e. The molecule has 15 heteroatoms. The lowest BCUT2D eigenvalue weighted by molar-refractivity contribution is -0.143. The number of alkyl halides is 6. The van der Waals surface area contributed by atoms with Crippen LogP contribution in [0.1, 0.15) is 60.9 Å². The first-order chi connectivity index (χ1) is 18.1. The van der Waals surface area contributed by atoms with Crippen LogP contribution in [0.15, 0.2) is 35.5 Å². The fourth-order valence-corrected chi connectivity index (χ4v) is 4.71. The highest BCUT2D eigenvalue weighted by atomic mass is 19.4. The van der Waals surface area contributed by atoms with Gasteiger partial charge in [0.2, 0.25) is 5.88 Å². The molecule has 1 aromatic carbocycles. The number of nitrogens with zero attached hydrogens (tertiary/aromatic N) is 3. The average Bonchev–Trinajstić information content (AvgIpc) is 2.87. The lowest BCUT2D eigenvalue weighted by atomic mass is 9.73. The number of ether oxygens (including phenoxy) is 2. The summed E-state index contributed by atoms with van der Waals surface area (Å²) in [6.45, 7) is 3.20. The second kappa shape index (κ2) is 10.8. The van der Waals surface area contributed by atoms with Gasteiger partial charge in [0, 0.05) is 12.0 Å². The number of hydrogen-bond donors (Lipinski definition) is 3. The van der Waals surface area contributed by atoms with Gasteiger partial charge in [-0.05, 0) is 49.6 Å². The lowest BCUT2D eigenvalue weighted by Crippen LogP contribution is -2.62. The molecule has 1 aliphatic heterocycles. The number of hydrogen-bond acceptors (Lipinski definition) is 7. The number of carbonyl (C=O) groups is 1. The number of anilines is 1. The molecule has 2 aromatic rings. The third-order valence-corrected chi connectivity index (χ3v) is 6.57. The van der Waals surface area contributed by atoms with Crippen molar-refractivity contribution in [1.82, 2.24) is 4.98 Å². The summed E-state index contributed by atoms with van der Waals surface area (Å²) in [5.41, 5.74) is 7.40. The van der Waals surface area contributed by atoms with Crippen LogP contribution >= 0.6 is 0 Å². The lowest BCUT2D eigenvalue weighted by Gasteiger charge is -2.48. The number of amidine groups is 1. The number of halogens is 6. The van der Waals surface area contributed by atoms with Gasteiger partial charge in [0.25, 0.3) is 0 Å². The fraction of sp³-hybridized carbons (Fsp3) is 0.458. The molecular weight excluding hydrogens is 536 g/mol. The predicted molar refractivity (Wildman–Crippen MR) is 127 cm³/mol. The number of fused-ring (bicyclic) bond motifs is 1. The topological polar surface area (TPSA) is 136 Å². The van der Waals surface area contributed by atoms with Crippen LogP contribution in [0, 0.1) is 0 Å². The molecule has 0 saturated heterocycles. The molecule has 2 heterocycles. The van der Waals surface area contributed by atoms with Crippen LogP contribution in [0.3, 0.4) is 0 Å². The van der Waals surface area contributed by atoms with Crippen LogP contribution in [-0.2, 0) is 17.1 Å². The van der Waals surface area contributed by atoms with Crippen molar-refractivity contribution in [3.63, 3.8) is 0 Å². The minimum absolute atomic E-state index is 0.00529. The number of rotatable bonds is 6. The van der Waals surface area contributed by atoms with Crippen molar-refractivity contribution in [3.05, 3.63) is 52.7 Å². The van der Waals surface area contributed by atoms with Gasteiger partial charge < -0.3 is 26.1 Å². The van der Waals surface area contributed by atoms with E-state index in [1.54, 1.807) is 13.8 Å². The van der Waals surface area contributed by atoms with Gasteiger partial charge in [0.05, 0.1) is 47.8 Å². The van der Waals surface area contributed by atoms with Crippen molar-refractivity contribution in [2.24, 2.45) is 16.6 Å². The molecule has 0 aliphatic carbocycles. The number of methoxy groups -OCH3 is 1. The Morgan fingerprint density at radius 2 is 1.77 bits per heavy atom. The Balaban J connectivity index is 2.37. The maximum absolute atomic E-state index is 13.7. The van der Waals surface area contributed by atoms with Crippen LogP contribution < -0.4 is 21.1 Å². The van der Waals surface area contributed by atoms with Crippen molar-refractivity contribution < 1.29 is 45.8 Å². The maximum Gasteiger partial charge on any atom is 0.416 e. The summed E-state index contributed by atoms with van der Waals surface area (Å²) in [7, 11) is 1.29. The molecule has 1 unspecified atom stereocenters. The van der Waals surface area contributed by atoms with Gasteiger partial charge >= 0.3 is 18.4 Å². The van der Waals surface area contributed by atoms with Crippen LogP contribution in [0.5, 0.6) is 5.88 Å². The second-order valence-electron chi connectivity index (χ2n) is 8.90. The predicted octanol–water partition coefficient (Wildman–Crippen LogP) is 5.17. The highest BCUT2D eigenvalue weighted by Gasteiger charge is 2.49. The molecule has 39 heavy (non-hydrogen) atoms. The van der Waals surface area contributed by atoms with Crippen molar-refractivity contribution in [1.29, 1.82) is 0 Å². The smallest absolute Gasteiger partial charge is 0.416 e. The van der Waals surface area contributed by atoms with Gasteiger partial charge in [0.1, 0.15) is 5.84 Å². The molecule has 214 valence electrons. The number of nitrogens with two attached hydrogens (primary N) is 2. The third-order valence-electron chi connectivity index (χ3n) is 6.57. The molecule has 0 saturated carbocycles. The Morgan fingerprint density at radius 3 is 2.23 bits per heavy atom. The maximum atomic E-state index is 13.7. The number of oxime groups is 1. The normalized spacial score (nSPS) is 20.8. The number of pyridine rings is 1. The minimum atomic E-state index is -5.14. The Bertz CT molecular complexity index is 1220. The zero-order valence-electron chi connectivity index (χ0n) is 21.1. The summed E-state index contributed by atoms with van der Waals surface area (Å²) in [4.78, 5) is 18.4. The SMILES string of the molecule is CCOC(=O)N1c2ccc(OC)nc2[C@H](C(C(N)=NO)c2cc(C(F)(F)F)cc(C(F)(F)F)c2)C[C@@]1(N)CC. The van der Waals surface area contributed by atoms with Gasteiger partial charge in [-0.1, -0.05) is 12.1 Å². The van der Waals surface area contributed by atoms with E-state index in [-0.39, 0.29) is 42.8 Å². The molecular formula is C24H27F6N5O4.